The number of nitrogen functional groups attached to an aromatic ring is 1. The number of hydrogen-bond donors (Lipinski definition) is 3. The monoisotopic (exact) mass is 363 g/mol. The first kappa shape index (κ1) is 16.0. The van der Waals surface area contributed by atoms with Crippen molar-refractivity contribution in [1.82, 2.24) is 24.9 Å². The summed E-state index contributed by atoms with van der Waals surface area (Å²) in [6.07, 6.45) is 6.15. The van der Waals surface area contributed by atoms with Gasteiger partial charge < -0.3 is 5.73 Å². The lowest BCUT2D eigenvalue weighted by Gasteiger charge is -2.12. The van der Waals surface area contributed by atoms with Crippen LogP contribution in [-0.4, -0.2) is 25.4 Å². The van der Waals surface area contributed by atoms with Crippen LogP contribution in [0.3, 0.4) is 0 Å². The van der Waals surface area contributed by atoms with E-state index in [4.69, 9.17) is 28.9 Å². The Hall–Kier alpha value is -2.84. The topological polar surface area (TPSA) is 111 Å². The summed E-state index contributed by atoms with van der Waals surface area (Å²) in [5.41, 5.74) is 11.7. The highest BCUT2D eigenvalue weighted by Gasteiger charge is 2.13. The van der Waals surface area contributed by atoms with E-state index in [1.54, 1.807) is 29.4 Å². The van der Waals surface area contributed by atoms with Crippen molar-refractivity contribution in [2.45, 2.75) is 0 Å². The van der Waals surface area contributed by atoms with Gasteiger partial charge in [-0.05, 0) is 18.2 Å². The molecule has 0 unspecified atom stereocenters. The van der Waals surface area contributed by atoms with Crippen molar-refractivity contribution in [2.75, 3.05) is 11.2 Å². The maximum Gasteiger partial charge on any atom is 0.271 e. The Kier molecular flexibility index (Phi) is 4.50. The van der Waals surface area contributed by atoms with Crippen LogP contribution in [0, 0.1) is 0 Å². The van der Waals surface area contributed by atoms with Crippen molar-refractivity contribution in [1.29, 1.82) is 0 Å². The van der Waals surface area contributed by atoms with Gasteiger partial charge in [-0.2, -0.15) is 0 Å². The van der Waals surface area contributed by atoms with Crippen LogP contribution in [0.4, 0.5) is 11.5 Å². The maximum absolute atomic E-state index is 12.2. The first-order chi connectivity index (χ1) is 11.6. The summed E-state index contributed by atoms with van der Waals surface area (Å²) in [7, 11) is 0. The van der Waals surface area contributed by atoms with Crippen LogP contribution in [0.5, 0.6) is 0 Å². The molecule has 0 aliphatic carbocycles. The second-order valence-electron chi connectivity index (χ2n) is 4.63. The first-order valence-corrected chi connectivity index (χ1v) is 7.42. The molecule has 2 heterocycles. The van der Waals surface area contributed by atoms with Gasteiger partial charge in [0.1, 0.15) is 18.3 Å². The van der Waals surface area contributed by atoms with Gasteiger partial charge in [0.2, 0.25) is 0 Å². The zero-order chi connectivity index (χ0) is 17.1. The van der Waals surface area contributed by atoms with Gasteiger partial charge in [0.15, 0.2) is 11.6 Å². The molecule has 1 amide bonds. The van der Waals surface area contributed by atoms with Crippen LogP contribution < -0.4 is 16.6 Å². The Morgan fingerprint density at radius 2 is 2.08 bits per heavy atom. The van der Waals surface area contributed by atoms with Crippen molar-refractivity contribution in [3.8, 4) is 5.82 Å². The highest BCUT2D eigenvalue weighted by atomic mass is 35.5. The number of anilines is 2. The third-order valence-electron chi connectivity index (χ3n) is 3.08. The van der Waals surface area contributed by atoms with E-state index >= 15 is 0 Å². The van der Waals surface area contributed by atoms with Gasteiger partial charge in [0.25, 0.3) is 5.91 Å². The summed E-state index contributed by atoms with van der Waals surface area (Å²) in [4.78, 5) is 24.2. The molecule has 0 spiro atoms. The largest absolute Gasteiger partial charge is 0.393 e. The Labute approximate surface area is 146 Å². The molecule has 0 bridgehead atoms. The fourth-order valence-corrected chi connectivity index (χ4v) is 2.43. The molecule has 0 saturated carbocycles. The average Bonchev–Trinajstić information content (AvgIpc) is 3.08. The molecule has 0 aliphatic heterocycles. The summed E-state index contributed by atoms with van der Waals surface area (Å²) in [5.74, 6) is 0.217. The van der Waals surface area contributed by atoms with Crippen LogP contribution >= 0.6 is 23.2 Å². The van der Waals surface area contributed by atoms with Gasteiger partial charge in [0.05, 0.1) is 10.6 Å². The number of rotatable bonds is 4. The van der Waals surface area contributed by atoms with Crippen molar-refractivity contribution in [3.05, 3.63) is 58.9 Å². The molecule has 8 nitrogen and oxygen atoms in total. The number of carbonyl (C=O) groups is 1. The molecule has 1 aromatic carbocycles. The van der Waals surface area contributed by atoms with E-state index in [9.17, 15) is 4.79 Å². The highest BCUT2D eigenvalue weighted by molar-refractivity contribution is 6.36. The predicted octanol–water partition coefficient (Wildman–Crippen LogP) is 2.31. The van der Waals surface area contributed by atoms with Gasteiger partial charge in [-0.25, -0.2) is 15.0 Å². The molecule has 2 aromatic heterocycles. The normalized spacial score (nSPS) is 10.4. The number of nitrogens with zero attached hydrogens (tertiary/aromatic N) is 4. The standard InChI is InChI=1S/C14H11Cl2N7O/c15-8-1-2-9(10(16)5-8)14(24)22-21-12-11(17)13(20-6-19-12)23-4-3-18-7-23/h1-7H,17H2,(H,22,24)(H,19,20,21). The van der Waals surface area contributed by atoms with Crippen LogP contribution in [-0.2, 0) is 0 Å². The van der Waals surface area contributed by atoms with Crippen LogP contribution in [0.2, 0.25) is 10.0 Å². The number of halogens is 2. The third kappa shape index (κ3) is 3.24. The number of imidazole rings is 1. The lowest BCUT2D eigenvalue weighted by molar-refractivity contribution is 0.0962. The lowest BCUT2D eigenvalue weighted by atomic mass is 10.2. The molecule has 3 rings (SSSR count). The van der Waals surface area contributed by atoms with E-state index in [1.165, 1.54) is 18.5 Å². The Morgan fingerprint density at radius 3 is 2.79 bits per heavy atom. The van der Waals surface area contributed by atoms with E-state index in [2.05, 4.69) is 25.8 Å². The average molecular weight is 364 g/mol. The second-order valence-corrected chi connectivity index (χ2v) is 5.48. The molecule has 0 radical (unpaired) electrons. The van der Waals surface area contributed by atoms with Gasteiger partial charge in [-0.3, -0.25) is 20.2 Å². The Morgan fingerprint density at radius 1 is 1.25 bits per heavy atom. The molecule has 4 N–H and O–H groups in total. The predicted molar refractivity (Wildman–Crippen MR) is 91.1 cm³/mol. The molecule has 122 valence electrons. The molecular weight excluding hydrogens is 353 g/mol. The first-order valence-electron chi connectivity index (χ1n) is 6.66. The fraction of sp³-hybridized carbons (Fsp3) is 0. The third-order valence-corrected chi connectivity index (χ3v) is 3.63. The Bertz CT molecular complexity index is 883. The van der Waals surface area contributed by atoms with E-state index in [0.29, 0.717) is 10.8 Å². The smallest absolute Gasteiger partial charge is 0.271 e. The fourth-order valence-electron chi connectivity index (χ4n) is 1.93. The summed E-state index contributed by atoms with van der Waals surface area (Å²) < 4.78 is 1.63. The molecule has 0 atom stereocenters. The van der Waals surface area contributed by atoms with Crippen LogP contribution in [0.1, 0.15) is 10.4 Å². The summed E-state index contributed by atoms with van der Waals surface area (Å²) in [6, 6.07) is 4.56. The molecule has 24 heavy (non-hydrogen) atoms. The van der Waals surface area contributed by atoms with E-state index in [1.807, 2.05) is 0 Å². The quantitative estimate of drug-likeness (QED) is 0.613. The number of carbonyl (C=O) groups excluding carboxylic acids is 1. The van der Waals surface area contributed by atoms with Crippen LogP contribution in [0.15, 0.2) is 43.2 Å². The maximum atomic E-state index is 12.2. The van der Waals surface area contributed by atoms with E-state index in [-0.39, 0.29) is 22.1 Å². The minimum Gasteiger partial charge on any atom is -0.393 e. The second kappa shape index (κ2) is 6.73. The zero-order valence-electron chi connectivity index (χ0n) is 12.1. The SMILES string of the molecule is Nc1c(NNC(=O)c2ccc(Cl)cc2Cl)ncnc1-n1ccnc1. The summed E-state index contributed by atoms with van der Waals surface area (Å²) in [6.45, 7) is 0. The zero-order valence-corrected chi connectivity index (χ0v) is 13.6. The number of amides is 1. The Balaban J connectivity index is 1.77. The van der Waals surface area contributed by atoms with Crippen molar-refractivity contribution < 1.29 is 4.79 Å². The number of nitrogens with two attached hydrogens (primary N) is 1. The van der Waals surface area contributed by atoms with Gasteiger partial charge >= 0.3 is 0 Å². The molecular formula is C14H11Cl2N7O. The van der Waals surface area contributed by atoms with Gasteiger partial charge in [0, 0.05) is 17.4 Å². The van der Waals surface area contributed by atoms with E-state index < -0.39 is 5.91 Å². The van der Waals surface area contributed by atoms with Crippen molar-refractivity contribution in [3.63, 3.8) is 0 Å². The molecule has 3 aromatic rings. The summed E-state index contributed by atoms with van der Waals surface area (Å²) >= 11 is 11.8. The molecule has 0 saturated heterocycles. The lowest BCUT2D eigenvalue weighted by Crippen LogP contribution is -2.30. The molecule has 0 fully saturated rings. The minimum absolute atomic E-state index is 0.233. The van der Waals surface area contributed by atoms with Gasteiger partial charge in [-0.15, -0.1) is 0 Å². The number of hydrazine groups is 1. The molecule has 10 heteroatoms. The van der Waals surface area contributed by atoms with Crippen molar-refractivity contribution >= 4 is 40.6 Å². The molecule has 0 aliphatic rings. The number of hydrogen-bond acceptors (Lipinski definition) is 6. The van der Waals surface area contributed by atoms with Crippen LogP contribution in [0.25, 0.3) is 5.82 Å². The summed E-state index contributed by atoms with van der Waals surface area (Å²) in [5, 5.41) is 0.672. The number of aromatic nitrogens is 4. The minimum atomic E-state index is -0.459. The van der Waals surface area contributed by atoms with E-state index in [0.717, 1.165) is 0 Å². The van der Waals surface area contributed by atoms with Crippen molar-refractivity contribution in [2.24, 2.45) is 0 Å². The number of nitrogens with one attached hydrogen (secondary N) is 2. The van der Waals surface area contributed by atoms with Gasteiger partial charge in [-0.1, -0.05) is 23.2 Å². The number of benzene rings is 1. The highest BCUT2D eigenvalue weighted by Crippen LogP contribution is 2.22.